The Kier molecular flexibility index (Phi) is 7.13. The van der Waals surface area contributed by atoms with Gasteiger partial charge in [-0.2, -0.15) is 0 Å². The Labute approximate surface area is 219 Å². The fraction of sp³-hybridized carbons (Fsp3) is 0.375. The smallest absolute Gasteiger partial charge is 0.157 e. The van der Waals surface area contributed by atoms with Crippen LogP contribution in [0.25, 0.3) is 32.8 Å². The highest BCUT2D eigenvalue weighted by molar-refractivity contribution is 6.03. The van der Waals surface area contributed by atoms with Crippen LogP contribution in [0.3, 0.4) is 0 Å². The molecule has 2 fully saturated rings. The van der Waals surface area contributed by atoms with Gasteiger partial charge in [-0.3, -0.25) is 0 Å². The number of nitrogens with one attached hydrogen (secondary N) is 1. The molecule has 4 nitrogen and oxygen atoms in total. The number of benzene rings is 3. The lowest BCUT2D eigenvalue weighted by Crippen LogP contribution is -2.51. The van der Waals surface area contributed by atoms with Gasteiger partial charge in [-0.1, -0.05) is 63.4 Å². The molecule has 0 saturated carbocycles. The molecular formula is C32H35FN4. The van der Waals surface area contributed by atoms with Gasteiger partial charge in [0.2, 0.25) is 0 Å². The Hall–Kier alpha value is -3.49. The number of rotatable bonds is 3. The Balaban J connectivity index is 0.000000892. The molecule has 2 saturated heterocycles. The number of aromatic nitrogens is 2. The predicted octanol–water partition coefficient (Wildman–Crippen LogP) is 6.80. The van der Waals surface area contributed by atoms with Crippen LogP contribution < -0.4 is 10.2 Å². The van der Waals surface area contributed by atoms with Gasteiger partial charge in [0.1, 0.15) is 17.2 Å². The predicted molar refractivity (Wildman–Crippen MR) is 153 cm³/mol. The molecular weight excluding hydrogens is 459 g/mol. The lowest BCUT2D eigenvalue weighted by atomic mass is 9.92. The van der Waals surface area contributed by atoms with Crippen molar-refractivity contribution in [2.75, 3.05) is 18.0 Å². The number of hydrogen-bond donors (Lipinski definition) is 1. The SMILES string of the molecule is C#Cc1cccc2cc(C)cc(-c3ccc4c(N5CC6CCC(C5)N6)nc(CC)nc4c3F)c12.CCC. The second-order valence-corrected chi connectivity index (χ2v) is 10.3. The number of fused-ring (bicyclic) bond motifs is 4. The molecule has 0 amide bonds. The molecule has 190 valence electrons. The summed E-state index contributed by atoms with van der Waals surface area (Å²) in [5.41, 5.74) is 3.54. The van der Waals surface area contributed by atoms with Crippen molar-refractivity contribution >= 4 is 27.5 Å². The maximum atomic E-state index is 16.3. The molecule has 0 spiro atoms. The maximum Gasteiger partial charge on any atom is 0.157 e. The van der Waals surface area contributed by atoms with E-state index >= 15 is 4.39 Å². The Morgan fingerprint density at radius 1 is 1.03 bits per heavy atom. The summed E-state index contributed by atoms with van der Waals surface area (Å²) in [5, 5.41) is 6.35. The van der Waals surface area contributed by atoms with Gasteiger partial charge in [0.15, 0.2) is 5.82 Å². The molecule has 6 rings (SSSR count). The molecule has 1 aromatic heterocycles. The van der Waals surface area contributed by atoms with Gasteiger partial charge < -0.3 is 10.2 Å². The van der Waals surface area contributed by atoms with Gasteiger partial charge in [-0.05, 0) is 48.4 Å². The van der Waals surface area contributed by atoms with Crippen molar-refractivity contribution in [3.63, 3.8) is 0 Å². The van der Waals surface area contributed by atoms with E-state index in [0.717, 1.165) is 51.8 Å². The van der Waals surface area contributed by atoms with Crippen molar-refractivity contribution in [1.29, 1.82) is 0 Å². The molecule has 4 aromatic rings. The minimum atomic E-state index is -0.312. The summed E-state index contributed by atoms with van der Waals surface area (Å²) >= 11 is 0. The van der Waals surface area contributed by atoms with Gasteiger partial charge in [-0.15, -0.1) is 6.42 Å². The fourth-order valence-corrected chi connectivity index (χ4v) is 5.68. The van der Waals surface area contributed by atoms with Crippen LogP contribution >= 0.6 is 0 Å². The number of nitrogens with zero attached hydrogens (tertiary/aromatic N) is 3. The Morgan fingerprint density at radius 3 is 2.43 bits per heavy atom. The Bertz CT molecular complexity index is 1490. The van der Waals surface area contributed by atoms with E-state index in [9.17, 15) is 0 Å². The monoisotopic (exact) mass is 494 g/mol. The summed E-state index contributed by atoms with van der Waals surface area (Å²) < 4.78 is 16.3. The topological polar surface area (TPSA) is 41.0 Å². The third-order valence-electron chi connectivity index (χ3n) is 7.23. The quantitative estimate of drug-likeness (QED) is 0.318. The second-order valence-electron chi connectivity index (χ2n) is 10.3. The summed E-state index contributed by atoms with van der Waals surface area (Å²) in [6.45, 7) is 10.1. The molecule has 2 atom stereocenters. The first-order valence-corrected chi connectivity index (χ1v) is 13.5. The molecule has 0 aliphatic carbocycles. The molecule has 2 aliphatic heterocycles. The zero-order chi connectivity index (χ0) is 26.1. The van der Waals surface area contributed by atoms with Crippen LogP contribution in [0.1, 0.15) is 57.0 Å². The van der Waals surface area contributed by atoms with E-state index < -0.39 is 0 Å². The van der Waals surface area contributed by atoms with Gasteiger partial charge in [-0.25, -0.2) is 14.4 Å². The van der Waals surface area contributed by atoms with Gasteiger partial charge in [0.25, 0.3) is 0 Å². The normalized spacial score (nSPS) is 18.5. The summed E-state index contributed by atoms with van der Waals surface area (Å²) in [7, 11) is 0. The summed E-state index contributed by atoms with van der Waals surface area (Å²) in [4.78, 5) is 11.9. The Morgan fingerprint density at radius 2 is 1.76 bits per heavy atom. The van der Waals surface area contributed by atoms with Gasteiger partial charge >= 0.3 is 0 Å². The molecule has 37 heavy (non-hydrogen) atoms. The third-order valence-corrected chi connectivity index (χ3v) is 7.23. The van der Waals surface area contributed by atoms with E-state index in [0.29, 0.717) is 35.4 Å². The van der Waals surface area contributed by atoms with Crippen LogP contribution in [0.4, 0.5) is 10.2 Å². The van der Waals surface area contributed by atoms with E-state index in [1.54, 1.807) is 0 Å². The first-order chi connectivity index (χ1) is 18.0. The molecule has 3 heterocycles. The molecule has 5 heteroatoms. The minimum Gasteiger partial charge on any atom is -0.353 e. The van der Waals surface area contributed by atoms with Crippen LogP contribution in [0.5, 0.6) is 0 Å². The van der Waals surface area contributed by atoms with Gasteiger partial charge in [0, 0.05) is 53.5 Å². The number of halogens is 1. The van der Waals surface area contributed by atoms with Crippen molar-refractivity contribution in [3.8, 4) is 23.5 Å². The lowest BCUT2D eigenvalue weighted by molar-refractivity contribution is 0.464. The fourth-order valence-electron chi connectivity index (χ4n) is 5.68. The molecule has 2 aliphatic rings. The largest absolute Gasteiger partial charge is 0.353 e. The van der Waals surface area contributed by atoms with Crippen molar-refractivity contribution < 1.29 is 4.39 Å². The van der Waals surface area contributed by atoms with E-state index in [2.05, 4.69) is 41.0 Å². The highest BCUT2D eigenvalue weighted by Crippen LogP contribution is 2.38. The van der Waals surface area contributed by atoms with E-state index in [1.165, 1.54) is 19.3 Å². The zero-order valence-corrected chi connectivity index (χ0v) is 22.2. The van der Waals surface area contributed by atoms with E-state index in [4.69, 9.17) is 11.4 Å². The van der Waals surface area contributed by atoms with Gasteiger partial charge in [0.05, 0.1) is 0 Å². The standard InChI is InChI=1S/C29H27FN4.C3H8/c1-4-18-7-6-8-19-13-17(3)14-24(26(18)19)22-11-12-23-28(27(22)30)32-25(5-2)33-29(23)34-15-20-9-10-21(16-34)31-20;1-3-2/h1,6-8,11-14,20-21,31H,5,9-10,15-16H2,2-3H3;3H2,1-2H3. The average molecular weight is 495 g/mol. The maximum absolute atomic E-state index is 16.3. The summed E-state index contributed by atoms with van der Waals surface area (Å²) in [6.07, 6.45) is 10.1. The first kappa shape index (κ1) is 25.2. The third kappa shape index (κ3) is 4.67. The van der Waals surface area contributed by atoms with Crippen molar-refractivity contribution in [2.24, 2.45) is 0 Å². The van der Waals surface area contributed by atoms with Crippen LogP contribution in [0, 0.1) is 25.1 Å². The lowest BCUT2D eigenvalue weighted by Gasteiger charge is -2.34. The molecule has 0 radical (unpaired) electrons. The second kappa shape index (κ2) is 10.5. The minimum absolute atomic E-state index is 0.312. The van der Waals surface area contributed by atoms with Crippen LogP contribution in [0.15, 0.2) is 42.5 Å². The highest BCUT2D eigenvalue weighted by atomic mass is 19.1. The van der Waals surface area contributed by atoms with Crippen LogP contribution in [0.2, 0.25) is 0 Å². The average Bonchev–Trinajstić information content (AvgIpc) is 3.25. The number of anilines is 1. The van der Waals surface area contributed by atoms with Crippen LogP contribution in [-0.4, -0.2) is 35.1 Å². The van der Waals surface area contributed by atoms with Crippen molar-refractivity contribution in [1.82, 2.24) is 15.3 Å². The number of terminal acetylenes is 1. The molecule has 3 aromatic carbocycles. The summed E-state index contributed by atoms with van der Waals surface area (Å²) in [5.74, 6) is 3.99. The first-order valence-electron chi connectivity index (χ1n) is 13.5. The molecule has 2 bridgehead atoms. The number of hydrogen-bond acceptors (Lipinski definition) is 4. The molecule has 2 unspecified atom stereocenters. The van der Waals surface area contributed by atoms with E-state index in [1.807, 2.05) is 50.2 Å². The van der Waals surface area contributed by atoms with E-state index in [-0.39, 0.29) is 5.82 Å². The highest BCUT2D eigenvalue weighted by Gasteiger charge is 2.33. The zero-order valence-electron chi connectivity index (χ0n) is 22.2. The number of piperazine rings is 1. The number of aryl methyl sites for hydroxylation is 2. The van der Waals surface area contributed by atoms with Crippen LogP contribution in [-0.2, 0) is 6.42 Å². The molecule has 1 N–H and O–H groups in total. The van der Waals surface area contributed by atoms with Crippen molar-refractivity contribution in [2.45, 2.75) is 65.5 Å². The summed E-state index contributed by atoms with van der Waals surface area (Å²) in [6, 6.07) is 14.8. The van der Waals surface area contributed by atoms with Crippen molar-refractivity contribution in [3.05, 3.63) is 65.2 Å².